The molecular formula is C25H33N3O4. The molecule has 172 valence electrons. The predicted octanol–water partition coefficient (Wildman–Crippen LogP) is 3.30. The Hall–Kier alpha value is -2.32. The fourth-order valence-corrected chi connectivity index (χ4v) is 4.84. The molecule has 0 unspecified atom stereocenters. The van der Waals surface area contributed by atoms with Crippen LogP contribution in [0.2, 0.25) is 0 Å². The van der Waals surface area contributed by atoms with Crippen molar-refractivity contribution >= 4 is 0 Å². The summed E-state index contributed by atoms with van der Waals surface area (Å²) < 4.78 is 17.9. The summed E-state index contributed by atoms with van der Waals surface area (Å²) in [7, 11) is 0. The quantitative estimate of drug-likeness (QED) is 0.677. The van der Waals surface area contributed by atoms with Crippen LogP contribution >= 0.6 is 0 Å². The predicted molar refractivity (Wildman–Crippen MR) is 121 cm³/mol. The van der Waals surface area contributed by atoms with Crippen LogP contribution in [0.4, 0.5) is 0 Å². The van der Waals surface area contributed by atoms with E-state index in [9.17, 15) is 5.21 Å². The molecule has 0 aromatic heterocycles. The number of hydrogen-bond acceptors (Lipinski definition) is 7. The van der Waals surface area contributed by atoms with Gasteiger partial charge < -0.3 is 14.2 Å². The molecule has 0 radical (unpaired) electrons. The van der Waals surface area contributed by atoms with Gasteiger partial charge in [0.2, 0.25) is 0 Å². The Morgan fingerprint density at radius 1 is 0.969 bits per heavy atom. The van der Waals surface area contributed by atoms with E-state index in [1.807, 2.05) is 59.6 Å². The van der Waals surface area contributed by atoms with E-state index in [-0.39, 0.29) is 12.1 Å². The SMILES string of the molecule is ON1C[C@H](COc2ccccc2)N1CCC1CCN(C[C@H]2COc3ccccc3O2)CC1. The summed E-state index contributed by atoms with van der Waals surface area (Å²) in [5.74, 6) is 3.28. The van der Waals surface area contributed by atoms with Crippen molar-refractivity contribution in [3.63, 3.8) is 0 Å². The highest BCUT2D eigenvalue weighted by Gasteiger charge is 2.36. The highest BCUT2D eigenvalue weighted by Crippen LogP contribution is 2.31. The van der Waals surface area contributed by atoms with Crippen molar-refractivity contribution < 1.29 is 19.4 Å². The van der Waals surface area contributed by atoms with Crippen LogP contribution in [0.25, 0.3) is 0 Å². The fourth-order valence-electron chi connectivity index (χ4n) is 4.84. The maximum Gasteiger partial charge on any atom is 0.161 e. The molecular weight excluding hydrogens is 406 g/mol. The number of ether oxygens (including phenoxy) is 3. The largest absolute Gasteiger partial charge is 0.492 e. The minimum absolute atomic E-state index is 0.0934. The van der Waals surface area contributed by atoms with E-state index in [1.54, 1.807) is 0 Å². The average Bonchev–Trinajstić information content (AvgIpc) is 2.83. The van der Waals surface area contributed by atoms with Crippen LogP contribution in [0.15, 0.2) is 54.6 Å². The molecule has 2 fully saturated rings. The van der Waals surface area contributed by atoms with E-state index < -0.39 is 0 Å². The fraction of sp³-hybridized carbons (Fsp3) is 0.520. The lowest BCUT2D eigenvalue weighted by Crippen LogP contribution is -2.65. The number of para-hydroxylation sites is 3. The number of rotatable bonds is 8. The molecule has 32 heavy (non-hydrogen) atoms. The van der Waals surface area contributed by atoms with Gasteiger partial charge in [0.15, 0.2) is 11.5 Å². The molecule has 1 N–H and O–H groups in total. The van der Waals surface area contributed by atoms with Crippen LogP contribution in [0.3, 0.4) is 0 Å². The van der Waals surface area contributed by atoms with Crippen molar-refractivity contribution in [2.24, 2.45) is 5.92 Å². The monoisotopic (exact) mass is 439 g/mol. The van der Waals surface area contributed by atoms with Gasteiger partial charge in [0.1, 0.15) is 25.1 Å². The van der Waals surface area contributed by atoms with Gasteiger partial charge in [-0.3, -0.25) is 10.1 Å². The molecule has 2 atom stereocenters. The maximum absolute atomic E-state index is 10.1. The van der Waals surface area contributed by atoms with Crippen molar-refractivity contribution in [2.75, 3.05) is 45.9 Å². The van der Waals surface area contributed by atoms with Crippen LogP contribution < -0.4 is 14.2 Å². The minimum atomic E-state index is 0.0934. The Labute approximate surface area is 190 Å². The van der Waals surface area contributed by atoms with Gasteiger partial charge in [-0.1, -0.05) is 30.3 Å². The van der Waals surface area contributed by atoms with Gasteiger partial charge in [0.25, 0.3) is 0 Å². The Morgan fingerprint density at radius 3 is 2.50 bits per heavy atom. The molecule has 7 heteroatoms. The number of hydrogen-bond donors (Lipinski definition) is 1. The molecule has 5 rings (SSSR count). The molecule has 2 saturated heterocycles. The summed E-state index contributed by atoms with van der Waals surface area (Å²) >= 11 is 0. The van der Waals surface area contributed by atoms with Gasteiger partial charge in [0.05, 0.1) is 12.6 Å². The molecule has 2 aromatic rings. The van der Waals surface area contributed by atoms with Crippen LogP contribution in [0.5, 0.6) is 17.2 Å². The molecule has 0 saturated carbocycles. The van der Waals surface area contributed by atoms with Crippen LogP contribution in [0, 0.1) is 5.92 Å². The van der Waals surface area contributed by atoms with Gasteiger partial charge in [-0.15, -0.1) is 5.17 Å². The Morgan fingerprint density at radius 2 is 1.72 bits per heavy atom. The van der Waals surface area contributed by atoms with Gasteiger partial charge >= 0.3 is 0 Å². The zero-order valence-electron chi connectivity index (χ0n) is 18.5. The van der Waals surface area contributed by atoms with E-state index in [0.29, 0.717) is 25.7 Å². The molecule has 3 aliphatic rings. The van der Waals surface area contributed by atoms with Crippen LogP contribution in [0.1, 0.15) is 19.3 Å². The summed E-state index contributed by atoms with van der Waals surface area (Å²) in [6, 6.07) is 18.0. The number of likely N-dealkylation sites (tertiary alicyclic amines) is 1. The number of nitrogens with zero attached hydrogens (tertiary/aromatic N) is 3. The molecule has 3 aliphatic heterocycles. The Bertz CT molecular complexity index is 859. The first-order valence-electron chi connectivity index (χ1n) is 11.8. The standard InChI is InChI=1S/C25H33N3O4/c29-28-16-21(18-30-22-6-2-1-3-7-22)27(28)15-12-20-10-13-26(14-11-20)17-23-19-31-24-8-4-5-9-25(24)32-23/h1-9,20-21,23,29H,10-19H2/t21-,23+/m1/s1. The molecule has 0 aliphatic carbocycles. The van der Waals surface area contributed by atoms with Gasteiger partial charge in [-0.2, -0.15) is 0 Å². The lowest BCUT2D eigenvalue weighted by molar-refractivity contribution is -0.338. The molecule has 0 spiro atoms. The number of piperidine rings is 1. The van der Waals surface area contributed by atoms with E-state index in [1.165, 1.54) is 18.0 Å². The van der Waals surface area contributed by atoms with Crippen LogP contribution in [-0.2, 0) is 0 Å². The lowest BCUT2D eigenvalue weighted by atomic mass is 9.93. The first-order chi connectivity index (χ1) is 15.7. The number of hydrazine groups is 1. The Kier molecular flexibility index (Phi) is 6.78. The summed E-state index contributed by atoms with van der Waals surface area (Å²) in [4.78, 5) is 2.50. The van der Waals surface area contributed by atoms with Crippen molar-refractivity contribution in [2.45, 2.75) is 31.4 Å². The molecule has 2 aromatic carbocycles. The zero-order chi connectivity index (χ0) is 21.8. The van der Waals surface area contributed by atoms with Gasteiger partial charge in [0, 0.05) is 13.1 Å². The third-order valence-electron chi connectivity index (χ3n) is 6.78. The van der Waals surface area contributed by atoms with Crippen molar-refractivity contribution in [3.8, 4) is 17.2 Å². The topological polar surface area (TPSA) is 57.6 Å². The maximum atomic E-state index is 10.1. The lowest BCUT2D eigenvalue weighted by Gasteiger charge is -2.47. The first-order valence-corrected chi connectivity index (χ1v) is 11.8. The second-order valence-electron chi connectivity index (χ2n) is 9.03. The number of fused-ring (bicyclic) bond motifs is 1. The van der Waals surface area contributed by atoms with E-state index >= 15 is 0 Å². The van der Waals surface area contributed by atoms with Crippen molar-refractivity contribution in [1.82, 2.24) is 15.1 Å². The second kappa shape index (κ2) is 10.1. The highest BCUT2D eigenvalue weighted by atomic mass is 16.6. The molecule has 0 bridgehead atoms. The highest BCUT2D eigenvalue weighted by molar-refractivity contribution is 5.40. The first kappa shape index (κ1) is 21.5. The molecule has 7 nitrogen and oxygen atoms in total. The van der Waals surface area contributed by atoms with E-state index in [2.05, 4.69) is 4.90 Å². The second-order valence-corrected chi connectivity index (χ2v) is 9.03. The summed E-state index contributed by atoms with van der Waals surface area (Å²) in [6.45, 7) is 5.83. The number of benzene rings is 2. The van der Waals surface area contributed by atoms with Crippen molar-refractivity contribution in [3.05, 3.63) is 54.6 Å². The van der Waals surface area contributed by atoms with Crippen LogP contribution in [-0.4, -0.2) is 78.4 Å². The summed E-state index contributed by atoms with van der Waals surface area (Å²) in [6.07, 6.45) is 3.57. The number of hydroxylamine groups is 1. The minimum Gasteiger partial charge on any atom is -0.492 e. The third kappa shape index (κ3) is 5.18. The zero-order valence-corrected chi connectivity index (χ0v) is 18.5. The van der Waals surface area contributed by atoms with Crippen molar-refractivity contribution in [1.29, 1.82) is 0 Å². The van der Waals surface area contributed by atoms with Gasteiger partial charge in [-0.25, -0.2) is 5.01 Å². The van der Waals surface area contributed by atoms with E-state index in [0.717, 1.165) is 49.8 Å². The smallest absolute Gasteiger partial charge is 0.161 e. The summed E-state index contributed by atoms with van der Waals surface area (Å²) in [5, 5.41) is 13.4. The normalized spacial score (nSPS) is 24.8. The average molecular weight is 440 g/mol. The third-order valence-corrected chi connectivity index (χ3v) is 6.78. The van der Waals surface area contributed by atoms with Gasteiger partial charge in [-0.05, 0) is 62.5 Å². The molecule has 0 amide bonds. The Balaban J connectivity index is 1.01. The van der Waals surface area contributed by atoms with E-state index in [4.69, 9.17) is 14.2 Å². The summed E-state index contributed by atoms with van der Waals surface area (Å²) in [5.41, 5.74) is 0. The molecule has 3 heterocycles.